The highest BCUT2D eigenvalue weighted by Gasteiger charge is 2.62. The molecule has 6 atom stereocenters. The Morgan fingerprint density at radius 2 is 1.24 bits per heavy atom. The number of phenols is 1. The van der Waals surface area contributed by atoms with Crippen molar-refractivity contribution in [3.8, 4) is 5.75 Å². The van der Waals surface area contributed by atoms with E-state index < -0.39 is 73.4 Å². The van der Waals surface area contributed by atoms with E-state index in [1.54, 1.807) is 0 Å². The van der Waals surface area contributed by atoms with Gasteiger partial charge in [0.05, 0.1) is 35.0 Å². The quantitative estimate of drug-likeness (QED) is 0.151. The van der Waals surface area contributed by atoms with Crippen LogP contribution in [0.1, 0.15) is 24.3 Å². The third-order valence-electron chi connectivity index (χ3n) is 9.83. The van der Waals surface area contributed by atoms with Crippen molar-refractivity contribution < 1.29 is 44.4 Å². The molecule has 0 radical (unpaired) electrons. The van der Waals surface area contributed by atoms with Gasteiger partial charge < -0.3 is 25.2 Å². The van der Waals surface area contributed by atoms with Crippen molar-refractivity contribution in [3.63, 3.8) is 0 Å². The van der Waals surface area contributed by atoms with Gasteiger partial charge in [-0.25, -0.2) is 0 Å². The highest BCUT2D eigenvalue weighted by molar-refractivity contribution is 6.59. The lowest BCUT2D eigenvalue weighted by Crippen LogP contribution is -2.43. The predicted molar refractivity (Wildman–Crippen MR) is 168 cm³/mol. The smallest absolute Gasteiger partial charge is 0.488 e. The largest absolute Gasteiger partial charge is 0.508 e. The molecule has 4 aliphatic rings. The first-order valence-electron chi connectivity index (χ1n) is 14.8. The van der Waals surface area contributed by atoms with Crippen LogP contribution in [0.15, 0.2) is 78.4 Å². The van der Waals surface area contributed by atoms with Crippen LogP contribution in [0.2, 0.25) is 5.02 Å². The molecule has 3 aromatic carbocycles. The van der Waals surface area contributed by atoms with E-state index in [9.17, 15) is 44.4 Å². The van der Waals surface area contributed by atoms with Gasteiger partial charge >= 0.3 is 14.2 Å². The van der Waals surface area contributed by atoms with Gasteiger partial charge in [-0.1, -0.05) is 47.5 Å². The summed E-state index contributed by atoms with van der Waals surface area (Å²) in [6, 6.07) is 16.1. The first-order valence-corrected chi connectivity index (χ1v) is 15.2. The fourth-order valence-electron chi connectivity index (χ4n) is 7.87. The zero-order valence-corrected chi connectivity index (χ0v) is 24.9. The number of allylic oxidation sites excluding steroid dienone is 2. The summed E-state index contributed by atoms with van der Waals surface area (Å²) in [5.41, 5.74) is 1.52. The van der Waals surface area contributed by atoms with Crippen LogP contribution in [0.4, 0.5) is 11.4 Å². The Morgan fingerprint density at radius 3 is 1.83 bits per heavy atom. The Hall–Kier alpha value is -4.26. The topological polar surface area (TPSA) is 176 Å². The maximum Gasteiger partial charge on any atom is 0.488 e. The van der Waals surface area contributed by atoms with Crippen LogP contribution in [-0.2, 0) is 19.2 Å². The van der Waals surface area contributed by atoms with E-state index in [0.29, 0.717) is 16.2 Å². The molecule has 2 aliphatic carbocycles. The predicted octanol–water partition coefficient (Wildman–Crippen LogP) is 0.450. The van der Waals surface area contributed by atoms with Crippen LogP contribution < -0.4 is 20.7 Å². The van der Waals surface area contributed by atoms with E-state index in [1.807, 2.05) is 6.08 Å². The zero-order valence-electron chi connectivity index (χ0n) is 24.1. The monoisotopic (exact) mass is 640 g/mol. The molecule has 1 saturated carbocycles. The number of hydrogen-bond donors (Lipinski definition) is 5. The maximum absolute atomic E-state index is 14.2. The number of anilines is 2. The molecule has 0 spiro atoms. The second-order valence-corrected chi connectivity index (χ2v) is 12.6. The van der Waals surface area contributed by atoms with Crippen molar-refractivity contribution in [1.82, 2.24) is 0 Å². The summed E-state index contributed by atoms with van der Waals surface area (Å²) in [5.74, 6) is -7.17. The second kappa shape index (κ2) is 11.2. The van der Waals surface area contributed by atoms with Crippen LogP contribution in [0.25, 0.3) is 0 Å². The van der Waals surface area contributed by atoms with Gasteiger partial charge in [-0.3, -0.25) is 29.0 Å². The lowest BCUT2D eigenvalue weighted by Gasteiger charge is -2.44. The van der Waals surface area contributed by atoms with Crippen molar-refractivity contribution in [2.45, 2.75) is 18.8 Å². The van der Waals surface area contributed by atoms with E-state index in [0.717, 1.165) is 9.80 Å². The number of phenolic OH excluding ortho intramolecular Hbond substituents is 1. The van der Waals surface area contributed by atoms with Crippen molar-refractivity contribution in [2.75, 3.05) is 9.80 Å². The number of rotatable bonds is 5. The Morgan fingerprint density at radius 1 is 0.674 bits per heavy atom. The zero-order chi connectivity index (χ0) is 32.6. The maximum atomic E-state index is 14.2. The van der Waals surface area contributed by atoms with Crippen LogP contribution in [0, 0.1) is 29.6 Å². The lowest BCUT2D eigenvalue weighted by atomic mass is 9.57. The number of carbonyl (C=O) groups is 4. The molecule has 0 unspecified atom stereocenters. The first kappa shape index (κ1) is 30.4. The normalized spacial score (nSPS) is 26.9. The van der Waals surface area contributed by atoms with E-state index in [4.69, 9.17) is 11.6 Å². The van der Waals surface area contributed by atoms with E-state index in [1.165, 1.54) is 66.7 Å². The average molecular weight is 641 g/mol. The molecule has 2 saturated heterocycles. The van der Waals surface area contributed by atoms with Crippen molar-refractivity contribution in [3.05, 3.63) is 89.0 Å². The van der Waals surface area contributed by atoms with Crippen molar-refractivity contribution in [1.29, 1.82) is 0 Å². The van der Waals surface area contributed by atoms with Crippen LogP contribution >= 0.6 is 11.6 Å². The molecule has 0 aromatic heterocycles. The number of hydrogen-bond acceptors (Lipinski definition) is 9. The van der Waals surface area contributed by atoms with Gasteiger partial charge in [0.25, 0.3) is 0 Å². The van der Waals surface area contributed by atoms with Gasteiger partial charge in [0.1, 0.15) is 5.75 Å². The van der Waals surface area contributed by atoms with Crippen LogP contribution in [0.3, 0.4) is 0 Å². The fraction of sp³-hybridized carbons (Fsp3) is 0.250. The third-order valence-corrected chi connectivity index (χ3v) is 10.1. The minimum absolute atomic E-state index is 0.0845. The number of fused-ring (bicyclic) bond motifs is 4. The molecule has 7 rings (SSSR count). The molecule has 3 aromatic rings. The summed E-state index contributed by atoms with van der Waals surface area (Å²) < 4.78 is 0. The standard InChI is InChI=1S/C32H27B2ClN2O9/c35-17-7-10-25(38)23(13-17)26-20-8-9-21-27(31(41)36(29(21)39)18-5-1-3-15(11-18)33(43)44)22(20)14-24-28(26)32(42)37(30(24)40)19-6-2-4-16(12-19)34(45)46/h1-8,10-13,21-22,24,26-28,38,43-46H,9,14H2/t21-,22+,24+,26+,27-,28+/m0/s1. The van der Waals surface area contributed by atoms with Gasteiger partial charge in [-0.15, -0.1) is 0 Å². The SMILES string of the molecule is O=C1[C@H]2[C@H](CC=C3[C@H]2C[C@H]2C(=O)N(c4cccc(B(O)O)c4)C(=O)[C@H]2[C@H]3c2cc(Cl)ccc2O)C(=O)N1c1cccc(B(O)O)c1. The summed E-state index contributed by atoms with van der Waals surface area (Å²) in [7, 11) is -3.63. The number of carbonyl (C=O) groups excluding carboxylic acids is 4. The summed E-state index contributed by atoms with van der Waals surface area (Å²) in [6.45, 7) is 0. The molecule has 14 heteroatoms. The summed E-state index contributed by atoms with van der Waals surface area (Å²) >= 11 is 6.36. The van der Waals surface area contributed by atoms with Crippen LogP contribution in [0.5, 0.6) is 5.75 Å². The van der Waals surface area contributed by atoms with Crippen molar-refractivity contribution in [2.24, 2.45) is 29.6 Å². The first-order chi connectivity index (χ1) is 22.0. The highest BCUT2D eigenvalue weighted by atomic mass is 35.5. The van der Waals surface area contributed by atoms with E-state index in [-0.39, 0.29) is 40.9 Å². The molecular weight excluding hydrogens is 613 g/mol. The molecule has 232 valence electrons. The summed E-state index contributed by atoms with van der Waals surface area (Å²) in [5, 5.41) is 50.2. The molecule has 0 bridgehead atoms. The minimum atomic E-state index is -1.83. The second-order valence-electron chi connectivity index (χ2n) is 12.2. The number of imide groups is 2. The highest BCUT2D eigenvalue weighted by Crippen LogP contribution is 2.59. The lowest BCUT2D eigenvalue weighted by molar-refractivity contribution is -0.126. The third kappa shape index (κ3) is 4.61. The molecule has 2 aliphatic heterocycles. The average Bonchev–Trinajstić information content (AvgIpc) is 3.44. The Bertz CT molecular complexity index is 1850. The fourth-order valence-corrected chi connectivity index (χ4v) is 8.05. The number of amides is 4. The van der Waals surface area contributed by atoms with E-state index in [2.05, 4.69) is 0 Å². The van der Waals surface area contributed by atoms with Gasteiger partial charge in [0, 0.05) is 16.5 Å². The Labute approximate surface area is 268 Å². The summed E-state index contributed by atoms with van der Waals surface area (Å²) in [6.07, 6.45) is 2.09. The van der Waals surface area contributed by atoms with Gasteiger partial charge in [-0.05, 0) is 72.1 Å². The summed E-state index contributed by atoms with van der Waals surface area (Å²) in [4.78, 5) is 58.3. The van der Waals surface area contributed by atoms with Gasteiger partial charge in [0.15, 0.2) is 0 Å². The van der Waals surface area contributed by atoms with Crippen molar-refractivity contribution >= 4 is 71.8 Å². The Balaban J connectivity index is 1.33. The molecule has 11 nitrogen and oxygen atoms in total. The minimum Gasteiger partial charge on any atom is -0.508 e. The number of halogens is 1. The van der Waals surface area contributed by atoms with Gasteiger partial charge in [-0.2, -0.15) is 0 Å². The molecular formula is C32H27B2ClN2O9. The molecule has 4 amide bonds. The molecule has 46 heavy (non-hydrogen) atoms. The van der Waals surface area contributed by atoms with Gasteiger partial charge in [0.2, 0.25) is 23.6 Å². The number of nitrogens with zero attached hydrogens (tertiary/aromatic N) is 2. The number of aromatic hydroxyl groups is 1. The molecule has 3 fully saturated rings. The Kier molecular flexibility index (Phi) is 7.41. The van der Waals surface area contributed by atoms with E-state index >= 15 is 0 Å². The number of benzene rings is 3. The molecule has 2 heterocycles. The van der Waals surface area contributed by atoms with Crippen LogP contribution in [-0.4, -0.2) is 63.1 Å². The molecule has 5 N–H and O–H groups in total.